The van der Waals surface area contributed by atoms with Crippen molar-refractivity contribution >= 4 is 46.3 Å². The van der Waals surface area contributed by atoms with E-state index in [1.807, 2.05) is 26.0 Å². The molecule has 1 N–H and O–H groups in total. The topological polar surface area (TPSA) is 59.8 Å². The second kappa shape index (κ2) is 8.27. The maximum atomic E-state index is 12.7. The third-order valence-corrected chi connectivity index (χ3v) is 6.84. The zero-order chi connectivity index (χ0) is 19.7. The van der Waals surface area contributed by atoms with Gasteiger partial charge in [-0.25, -0.2) is 0 Å². The van der Waals surface area contributed by atoms with Gasteiger partial charge in [-0.3, -0.25) is 4.79 Å². The van der Waals surface area contributed by atoms with E-state index in [4.69, 9.17) is 11.6 Å². The highest BCUT2D eigenvalue weighted by atomic mass is 35.5. The van der Waals surface area contributed by atoms with Gasteiger partial charge >= 0.3 is 0 Å². The van der Waals surface area contributed by atoms with Crippen LogP contribution in [0.25, 0.3) is 0 Å². The zero-order valence-corrected chi connectivity index (χ0v) is 18.1. The fraction of sp³-hybridized carbons (Fsp3) is 0.350. The highest BCUT2D eigenvalue weighted by Gasteiger charge is 2.31. The Morgan fingerprint density at radius 1 is 1.39 bits per heavy atom. The second-order valence-electron chi connectivity index (χ2n) is 6.96. The number of nitrogens with one attached hydrogen (secondary N) is 1. The van der Waals surface area contributed by atoms with Crippen molar-refractivity contribution in [3.05, 3.63) is 57.0 Å². The van der Waals surface area contributed by atoms with Crippen LogP contribution < -0.4 is 5.32 Å². The molecule has 8 heteroatoms. The number of hydrogen-bond acceptors (Lipinski definition) is 5. The molecular weight excluding hydrogens is 412 g/mol. The van der Waals surface area contributed by atoms with Gasteiger partial charge in [-0.2, -0.15) is 0 Å². The lowest BCUT2D eigenvalue weighted by atomic mass is 10.2. The zero-order valence-electron chi connectivity index (χ0n) is 15.7. The number of nitrogens with zero attached hydrogens (tertiary/aromatic N) is 3. The lowest BCUT2D eigenvalue weighted by Gasteiger charge is -2.14. The summed E-state index contributed by atoms with van der Waals surface area (Å²) in [4.78, 5) is 14.0. The molecule has 5 nitrogen and oxygen atoms in total. The molecule has 1 aliphatic rings. The molecule has 1 amide bonds. The minimum absolute atomic E-state index is 0.0690. The Morgan fingerprint density at radius 2 is 2.21 bits per heavy atom. The summed E-state index contributed by atoms with van der Waals surface area (Å²) in [5, 5.41) is 15.0. The Hall–Kier alpha value is -1.83. The van der Waals surface area contributed by atoms with Crippen LogP contribution in [-0.2, 0) is 11.2 Å². The first-order chi connectivity index (χ1) is 13.5. The smallest absolute Gasteiger partial charge is 0.237 e. The molecule has 0 aliphatic heterocycles. The Morgan fingerprint density at radius 3 is 2.93 bits per heavy atom. The minimum Gasteiger partial charge on any atom is -0.325 e. The van der Waals surface area contributed by atoms with E-state index in [9.17, 15) is 4.79 Å². The summed E-state index contributed by atoms with van der Waals surface area (Å²) in [6, 6.07) is 10.1. The molecule has 0 radical (unpaired) electrons. The number of thioether (sulfide) groups is 1. The second-order valence-corrected chi connectivity index (χ2v) is 9.74. The molecule has 2 aromatic heterocycles. The number of aromatic nitrogens is 3. The van der Waals surface area contributed by atoms with Crippen LogP contribution >= 0.6 is 34.7 Å². The average molecular weight is 433 g/mol. The molecule has 28 heavy (non-hydrogen) atoms. The molecule has 1 saturated carbocycles. The number of thiophene rings is 1. The van der Waals surface area contributed by atoms with E-state index in [0.29, 0.717) is 11.1 Å². The number of rotatable bonds is 7. The van der Waals surface area contributed by atoms with E-state index in [0.717, 1.165) is 41.5 Å². The van der Waals surface area contributed by atoms with Gasteiger partial charge < -0.3 is 9.88 Å². The van der Waals surface area contributed by atoms with Gasteiger partial charge in [-0.15, -0.1) is 21.5 Å². The van der Waals surface area contributed by atoms with Crippen molar-refractivity contribution in [1.29, 1.82) is 0 Å². The normalized spacial score (nSPS) is 14.8. The van der Waals surface area contributed by atoms with Gasteiger partial charge in [-0.1, -0.05) is 35.5 Å². The third kappa shape index (κ3) is 4.42. The molecule has 1 aromatic carbocycles. The van der Waals surface area contributed by atoms with Crippen molar-refractivity contribution in [2.75, 3.05) is 5.32 Å². The van der Waals surface area contributed by atoms with Crippen molar-refractivity contribution < 1.29 is 4.79 Å². The van der Waals surface area contributed by atoms with Gasteiger partial charge in [0, 0.05) is 28.0 Å². The minimum atomic E-state index is -0.297. The standard InChI is InChI=1S/C20H21ClN4OS2/c1-12-5-6-14(21)10-17(12)22-19(26)13(2)28-20-24-23-18(25(20)15-7-8-15)11-16-4-3-9-27-16/h3-6,9-10,13,15H,7-8,11H2,1-2H3,(H,22,26). The Balaban J connectivity index is 1.48. The molecule has 0 bridgehead atoms. The number of carbonyl (C=O) groups excluding carboxylic acids is 1. The van der Waals surface area contributed by atoms with Crippen molar-refractivity contribution in [2.45, 2.75) is 49.6 Å². The first-order valence-electron chi connectivity index (χ1n) is 9.21. The maximum Gasteiger partial charge on any atom is 0.237 e. The predicted octanol–water partition coefficient (Wildman–Crippen LogP) is 5.35. The summed E-state index contributed by atoms with van der Waals surface area (Å²) in [5.74, 6) is 0.909. The van der Waals surface area contributed by atoms with Crippen molar-refractivity contribution in [3.63, 3.8) is 0 Å². The SMILES string of the molecule is Cc1ccc(Cl)cc1NC(=O)C(C)Sc1nnc(Cc2cccs2)n1C1CC1. The molecular formula is C20H21ClN4OS2. The van der Waals surface area contributed by atoms with Crippen LogP contribution in [0.1, 0.15) is 42.1 Å². The fourth-order valence-electron chi connectivity index (χ4n) is 2.95. The Bertz CT molecular complexity index is 982. The molecule has 1 aliphatic carbocycles. The van der Waals surface area contributed by atoms with Crippen LogP contribution in [0.4, 0.5) is 5.69 Å². The molecule has 1 fully saturated rings. The molecule has 0 saturated heterocycles. The average Bonchev–Trinajstić information content (AvgIpc) is 3.22. The first kappa shape index (κ1) is 19.5. The van der Waals surface area contributed by atoms with E-state index in [1.54, 1.807) is 17.4 Å². The van der Waals surface area contributed by atoms with Gasteiger partial charge in [0.05, 0.1) is 5.25 Å². The van der Waals surface area contributed by atoms with Gasteiger partial charge in [0.2, 0.25) is 5.91 Å². The third-order valence-electron chi connectivity index (χ3n) is 4.67. The number of benzene rings is 1. The van der Waals surface area contributed by atoms with Crippen LogP contribution in [0, 0.1) is 6.92 Å². The highest BCUT2D eigenvalue weighted by Crippen LogP contribution is 2.40. The van der Waals surface area contributed by atoms with E-state index >= 15 is 0 Å². The van der Waals surface area contributed by atoms with Crippen molar-refractivity contribution in [1.82, 2.24) is 14.8 Å². The largest absolute Gasteiger partial charge is 0.325 e. The van der Waals surface area contributed by atoms with Gasteiger partial charge in [0.1, 0.15) is 5.82 Å². The maximum absolute atomic E-state index is 12.7. The van der Waals surface area contributed by atoms with Crippen LogP contribution in [0.3, 0.4) is 0 Å². The summed E-state index contributed by atoms with van der Waals surface area (Å²) in [5.41, 5.74) is 1.72. The molecule has 3 aromatic rings. The highest BCUT2D eigenvalue weighted by molar-refractivity contribution is 8.00. The number of anilines is 1. The number of carbonyl (C=O) groups is 1. The number of amides is 1. The summed E-state index contributed by atoms with van der Waals surface area (Å²) < 4.78 is 2.22. The summed E-state index contributed by atoms with van der Waals surface area (Å²) in [6.45, 7) is 3.84. The molecule has 4 rings (SSSR count). The Labute approximate surface area is 177 Å². The van der Waals surface area contributed by atoms with Crippen LogP contribution in [-0.4, -0.2) is 25.9 Å². The predicted molar refractivity (Wildman–Crippen MR) is 116 cm³/mol. The summed E-state index contributed by atoms with van der Waals surface area (Å²) in [6.07, 6.45) is 3.07. The molecule has 146 valence electrons. The van der Waals surface area contributed by atoms with E-state index < -0.39 is 0 Å². The lowest BCUT2D eigenvalue weighted by Crippen LogP contribution is -2.23. The molecule has 1 atom stereocenters. The first-order valence-corrected chi connectivity index (χ1v) is 11.3. The van der Waals surface area contributed by atoms with Crippen LogP contribution in [0.5, 0.6) is 0 Å². The fourth-order valence-corrected chi connectivity index (χ4v) is 4.76. The van der Waals surface area contributed by atoms with Crippen molar-refractivity contribution in [3.8, 4) is 0 Å². The molecule has 1 unspecified atom stereocenters. The van der Waals surface area contributed by atoms with Gasteiger partial charge in [-0.05, 0) is 55.8 Å². The lowest BCUT2D eigenvalue weighted by molar-refractivity contribution is -0.115. The number of aryl methyl sites for hydroxylation is 1. The summed E-state index contributed by atoms with van der Waals surface area (Å²) >= 11 is 9.24. The van der Waals surface area contributed by atoms with E-state index in [2.05, 4.69) is 37.6 Å². The van der Waals surface area contributed by atoms with Crippen LogP contribution in [0.15, 0.2) is 40.9 Å². The molecule has 0 spiro atoms. The number of hydrogen-bond donors (Lipinski definition) is 1. The van der Waals surface area contributed by atoms with E-state index in [1.165, 1.54) is 16.6 Å². The monoisotopic (exact) mass is 432 g/mol. The Kier molecular flexibility index (Phi) is 5.75. The number of halogens is 1. The molecule has 2 heterocycles. The van der Waals surface area contributed by atoms with Crippen molar-refractivity contribution in [2.24, 2.45) is 0 Å². The summed E-state index contributed by atoms with van der Waals surface area (Å²) in [7, 11) is 0. The van der Waals surface area contributed by atoms with Gasteiger partial charge in [0.25, 0.3) is 0 Å². The van der Waals surface area contributed by atoms with Crippen LogP contribution in [0.2, 0.25) is 5.02 Å². The van der Waals surface area contributed by atoms with E-state index in [-0.39, 0.29) is 11.2 Å². The quantitative estimate of drug-likeness (QED) is 0.511. The van der Waals surface area contributed by atoms with Gasteiger partial charge in [0.15, 0.2) is 5.16 Å².